The molecule has 2 rings (SSSR count). The summed E-state index contributed by atoms with van der Waals surface area (Å²) in [5.41, 5.74) is 0.840. The van der Waals surface area contributed by atoms with Gasteiger partial charge in [0.1, 0.15) is 11.9 Å². The van der Waals surface area contributed by atoms with Crippen LogP contribution in [0, 0.1) is 0 Å². The first-order chi connectivity index (χ1) is 9.65. The maximum Gasteiger partial charge on any atom is 0.325 e. The van der Waals surface area contributed by atoms with Crippen LogP contribution in [0.5, 0.6) is 0 Å². The van der Waals surface area contributed by atoms with E-state index in [1.54, 1.807) is 6.20 Å². The van der Waals surface area contributed by atoms with Crippen molar-refractivity contribution < 1.29 is 9.59 Å². The van der Waals surface area contributed by atoms with E-state index in [9.17, 15) is 9.59 Å². The third-order valence-electron chi connectivity index (χ3n) is 3.21. The van der Waals surface area contributed by atoms with Crippen LogP contribution in [0.3, 0.4) is 0 Å². The molecule has 1 unspecified atom stereocenters. The lowest BCUT2D eigenvalue weighted by Gasteiger charge is -2.13. The van der Waals surface area contributed by atoms with E-state index < -0.39 is 0 Å². The van der Waals surface area contributed by atoms with Gasteiger partial charge in [-0.3, -0.25) is 9.69 Å². The molecule has 2 N–H and O–H groups in total. The van der Waals surface area contributed by atoms with Crippen LogP contribution in [0.2, 0.25) is 0 Å². The highest BCUT2D eigenvalue weighted by molar-refractivity contribution is 6.04. The van der Waals surface area contributed by atoms with E-state index in [1.807, 2.05) is 26.0 Å². The summed E-state index contributed by atoms with van der Waals surface area (Å²) in [6.07, 6.45) is 3.23. The molecule has 1 fully saturated rings. The second-order valence-electron chi connectivity index (χ2n) is 4.80. The fourth-order valence-electron chi connectivity index (χ4n) is 2.20. The SMILES string of the molecule is CCCC1NC(=O)N(Cc2ccc(NCC)nc2)C1=O. The Bertz CT molecular complexity index is 486. The average Bonchev–Trinajstić information content (AvgIpc) is 2.69. The van der Waals surface area contributed by atoms with Crippen molar-refractivity contribution >= 4 is 17.8 Å². The molecule has 1 aliphatic heterocycles. The second kappa shape index (κ2) is 6.36. The van der Waals surface area contributed by atoms with Crippen molar-refractivity contribution in [2.45, 2.75) is 39.3 Å². The molecule has 1 saturated heterocycles. The Morgan fingerprint density at radius 3 is 2.75 bits per heavy atom. The zero-order chi connectivity index (χ0) is 14.5. The zero-order valence-electron chi connectivity index (χ0n) is 11.8. The topological polar surface area (TPSA) is 74.3 Å². The average molecular weight is 276 g/mol. The lowest BCUT2D eigenvalue weighted by Crippen LogP contribution is -2.31. The summed E-state index contributed by atoms with van der Waals surface area (Å²) < 4.78 is 0. The number of anilines is 1. The van der Waals surface area contributed by atoms with Crippen LogP contribution in [-0.4, -0.2) is 34.4 Å². The molecule has 0 aliphatic carbocycles. The van der Waals surface area contributed by atoms with Crippen LogP contribution in [0.15, 0.2) is 18.3 Å². The third-order valence-corrected chi connectivity index (χ3v) is 3.21. The van der Waals surface area contributed by atoms with E-state index in [2.05, 4.69) is 15.6 Å². The van der Waals surface area contributed by atoms with Gasteiger partial charge in [-0.25, -0.2) is 9.78 Å². The Morgan fingerprint density at radius 1 is 1.35 bits per heavy atom. The molecule has 1 aromatic heterocycles. The number of urea groups is 1. The number of hydrogen-bond donors (Lipinski definition) is 2. The van der Waals surface area contributed by atoms with Crippen molar-refractivity contribution in [2.24, 2.45) is 0 Å². The molecule has 0 spiro atoms. The van der Waals surface area contributed by atoms with Crippen LogP contribution in [0.25, 0.3) is 0 Å². The van der Waals surface area contributed by atoms with Crippen LogP contribution in [0.1, 0.15) is 32.3 Å². The molecule has 3 amide bonds. The first-order valence-electron chi connectivity index (χ1n) is 6.96. The van der Waals surface area contributed by atoms with Gasteiger partial charge in [-0.1, -0.05) is 19.4 Å². The molecule has 6 heteroatoms. The van der Waals surface area contributed by atoms with Gasteiger partial charge in [0.15, 0.2) is 0 Å². The number of nitrogens with one attached hydrogen (secondary N) is 2. The fraction of sp³-hybridized carbons (Fsp3) is 0.500. The lowest BCUT2D eigenvalue weighted by molar-refractivity contribution is -0.128. The highest BCUT2D eigenvalue weighted by Crippen LogP contribution is 2.15. The monoisotopic (exact) mass is 276 g/mol. The Labute approximate surface area is 118 Å². The van der Waals surface area contributed by atoms with Gasteiger partial charge in [0.25, 0.3) is 5.91 Å². The number of aromatic nitrogens is 1. The predicted octanol–water partition coefficient (Wildman–Crippen LogP) is 1.73. The number of imide groups is 1. The van der Waals surface area contributed by atoms with E-state index in [1.165, 1.54) is 4.90 Å². The Balaban J connectivity index is 2.02. The minimum atomic E-state index is -0.374. The Morgan fingerprint density at radius 2 is 2.15 bits per heavy atom. The summed E-state index contributed by atoms with van der Waals surface area (Å²) in [5.74, 6) is 0.643. The fourth-order valence-corrected chi connectivity index (χ4v) is 2.20. The molecule has 108 valence electrons. The summed E-state index contributed by atoms with van der Waals surface area (Å²) in [7, 11) is 0. The number of carbonyl (C=O) groups excluding carboxylic acids is 2. The van der Waals surface area contributed by atoms with Gasteiger partial charge in [-0.2, -0.15) is 0 Å². The molecular formula is C14H20N4O2. The van der Waals surface area contributed by atoms with E-state index in [-0.39, 0.29) is 24.5 Å². The molecule has 1 atom stereocenters. The highest BCUT2D eigenvalue weighted by atomic mass is 16.2. The van der Waals surface area contributed by atoms with Gasteiger partial charge in [-0.05, 0) is 25.0 Å². The maximum atomic E-state index is 12.1. The minimum Gasteiger partial charge on any atom is -0.370 e. The first kappa shape index (κ1) is 14.3. The normalized spacial score (nSPS) is 18.3. The smallest absolute Gasteiger partial charge is 0.325 e. The van der Waals surface area contributed by atoms with Crippen molar-refractivity contribution in [1.29, 1.82) is 0 Å². The van der Waals surface area contributed by atoms with Gasteiger partial charge < -0.3 is 10.6 Å². The second-order valence-corrected chi connectivity index (χ2v) is 4.80. The molecule has 1 aromatic rings. The van der Waals surface area contributed by atoms with Gasteiger partial charge in [0.05, 0.1) is 6.54 Å². The van der Waals surface area contributed by atoms with Crippen molar-refractivity contribution in [3.8, 4) is 0 Å². The van der Waals surface area contributed by atoms with Crippen molar-refractivity contribution in [2.75, 3.05) is 11.9 Å². The number of rotatable bonds is 6. The number of amides is 3. The molecule has 0 radical (unpaired) electrons. The number of carbonyl (C=O) groups is 2. The van der Waals surface area contributed by atoms with E-state index in [0.717, 1.165) is 24.3 Å². The summed E-state index contributed by atoms with van der Waals surface area (Å²) in [5, 5.41) is 5.81. The molecule has 2 heterocycles. The van der Waals surface area contributed by atoms with E-state index in [4.69, 9.17) is 0 Å². The maximum absolute atomic E-state index is 12.1. The summed E-state index contributed by atoms with van der Waals surface area (Å²) >= 11 is 0. The summed E-state index contributed by atoms with van der Waals surface area (Å²) in [4.78, 5) is 29.4. The first-order valence-corrected chi connectivity index (χ1v) is 6.96. The largest absolute Gasteiger partial charge is 0.370 e. The van der Waals surface area contributed by atoms with E-state index in [0.29, 0.717) is 6.42 Å². The van der Waals surface area contributed by atoms with Crippen LogP contribution in [0.4, 0.5) is 10.6 Å². The standard InChI is InChI=1S/C14H20N4O2/c1-3-5-11-13(19)18(14(20)17-11)9-10-6-7-12(15-4-2)16-8-10/h6-8,11H,3-5,9H2,1-2H3,(H,15,16)(H,17,20). The quantitative estimate of drug-likeness (QED) is 0.776. The Kier molecular flexibility index (Phi) is 4.55. The molecule has 0 saturated carbocycles. The lowest BCUT2D eigenvalue weighted by atomic mass is 10.1. The van der Waals surface area contributed by atoms with Crippen molar-refractivity contribution in [3.05, 3.63) is 23.9 Å². The van der Waals surface area contributed by atoms with E-state index >= 15 is 0 Å². The number of hydrogen-bond acceptors (Lipinski definition) is 4. The van der Waals surface area contributed by atoms with Crippen LogP contribution >= 0.6 is 0 Å². The van der Waals surface area contributed by atoms with Gasteiger partial charge in [-0.15, -0.1) is 0 Å². The highest BCUT2D eigenvalue weighted by Gasteiger charge is 2.37. The van der Waals surface area contributed by atoms with Crippen LogP contribution < -0.4 is 10.6 Å². The van der Waals surface area contributed by atoms with Gasteiger partial charge >= 0.3 is 6.03 Å². The summed E-state index contributed by atoms with van der Waals surface area (Å²) in [6, 6.07) is 3.03. The Hall–Kier alpha value is -2.11. The number of pyridine rings is 1. The number of nitrogens with zero attached hydrogens (tertiary/aromatic N) is 2. The van der Waals surface area contributed by atoms with Gasteiger partial charge in [0.2, 0.25) is 0 Å². The summed E-state index contributed by atoms with van der Waals surface area (Å²) in [6.45, 7) is 5.06. The minimum absolute atomic E-state index is 0.146. The van der Waals surface area contributed by atoms with Crippen molar-refractivity contribution in [3.63, 3.8) is 0 Å². The molecule has 1 aliphatic rings. The van der Waals surface area contributed by atoms with Gasteiger partial charge in [0, 0.05) is 12.7 Å². The molecule has 0 bridgehead atoms. The third kappa shape index (κ3) is 3.07. The van der Waals surface area contributed by atoms with Crippen LogP contribution in [-0.2, 0) is 11.3 Å². The zero-order valence-corrected chi connectivity index (χ0v) is 11.8. The molecule has 0 aromatic carbocycles. The molecule has 20 heavy (non-hydrogen) atoms. The van der Waals surface area contributed by atoms with Crippen molar-refractivity contribution in [1.82, 2.24) is 15.2 Å². The molecule has 6 nitrogen and oxygen atoms in total. The molecular weight excluding hydrogens is 256 g/mol. The predicted molar refractivity (Wildman–Crippen MR) is 76.2 cm³/mol.